The second-order valence-electron chi connectivity index (χ2n) is 5.66. The number of ether oxygens (including phenoxy) is 1. The van der Waals surface area contributed by atoms with Crippen LogP contribution in [0.3, 0.4) is 0 Å². The first-order valence-corrected chi connectivity index (χ1v) is 8.54. The number of hydrogen-bond acceptors (Lipinski definition) is 5. The number of aryl methyl sites for hydroxylation is 2. The number of aromatic nitrogens is 1. The SMILES string of the molecule is Cn1cccc1C(=O)OCC(=O)Nc1sc2c(c1C#N)CCCC2. The van der Waals surface area contributed by atoms with E-state index in [0.717, 1.165) is 31.2 Å². The monoisotopic (exact) mass is 343 g/mol. The molecule has 1 aliphatic carbocycles. The van der Waals surface area contributed by atoms with Crippen molar-refractivity contribution in [3.63, 3.8) is 0 Å². The first-order valence-electron chi connectivity index (χ1n) is 7.73. The van der Waals surface area contributed by atoms with Crippen LogP contribution in [-0.4, -0.2) is 23.1 Å². The molecule has 0 bridgehead atoms. The van der Waals surface area contributed by atoms with E-state index < -0.39 is 11.9 Å². The van der Waals surface area contributed by atoms with Gasteiger partial charge in [0.1, 0.15) is 16.8 Å². The van der Waals surface area contributed by atoms with Crippen LogP contribution in [0.2, 0.25) is 0 Å². The molecule has 1 aliphatic rings. The van der Waals surface area contributed by atoms with Crippen LogP contribution in [0.5, 0.6) is 0 Å². The van der Waals surface area contributed by atoms with Crippen LogP contribution >= 0.6 is 11.3 Å². The topological polar surface area (TPSA) is 84.1 Å². The number of fused-ring (bicyclic) bond motifs is 1. The molecule has 0 fully saturated rings. The summed E-state index contributed by atoms with van der Waals surface area (Å²) in [7, 11) is 1.73. The standard InChI is InChI=1S/C17H17N3O3S/c1-20-8-4-6-13(20)17(22)23-10-15(21)19-16-12(9-18)11-5-2-3-7-14(11)24-16/h4,6,8H,2-3,5,7,10H2,1H3,(H,19,21). The molecule has 6 nitrogen and oxygen atoms in total. The van der Waals surface area contributed by atoms with Gasteiger partial charge in [-0.05, 0) is 43.4 Å². The van der Waals surface area contributed by atoms with Crippen molar-refractivity contribution in [3.8, 4) is 6.07 Å². The maximum absolute atomic E-state index is 12.1. The van der Waals surface area contributed by atoms with Crippen molar-refractivity contribution in [1.82, 2.24) is 4.57 Å². The Morgan fingerprint density at radius 3 is 2.92 bits per heavy atom. The lowest BCUT2D eigenvalue weighted by molar-refractivity contribution is -0.119. The lowest BCUT2D eigenvalue weighted by Crippen LogP contribution is -2.21. The zero-order chi connectivity index (χ0) is 17.1. The number of anilines is 1. The van der Waals surface area contributed by atoms with Crippen LogP contribution in [-0.2, 0) is 29.4 Å². The molecule has 0 atom stereocenters. The molecule has 0 aromatic carbocycles. The molecule has 7 heteroatoms. The quantitative estimate of drug-likeness (QED) is 0.865. The van der Waals surface area contributed by atoms with E-state index in [1.807, 2.05) is 0 Å². The Morgan fingerprint density at radius 1 is 1.42 bits per heavy atom. The molecule has 0 saturated carbocycles. The maximum Gasteiger partial charge on any atom is 0.355 e. The third-order valence-electron chi connectivity index (χ3n) is 4.02. The zero-order valence-corrected chi connectivity index (χ0v) is 14.1. The molecular weight excluding hydrogens is 326 g/mol. The molecule has 2 heterocycles. The second-order valence-corrected chi connectivity index (χ2v) is 6.76. The average Bonchev–Trinajstić information content (AvgIpc) is 3.15. The number of nitrogens with zero attached hydrogens (tertiary/aromatic N) is 2. The van der Waals surface area contributed by atoms with Crippen LogP contribution in [0.25, 0.3) is 0 Å². The van der Waals surface area contributed by atoms with Gasteiger partial charge in [0.05, 0.1) is 5.56 Å². The normalized spacial score (nSPS) is 13.0. The van der Waals surface area contributed by atoms with E-state index in [1.165, 1.54) is 16.2 Å². The van der Waals surface area contributed by atoms with Crippen molar-refractivity contribution in [3.05, 3.63) is 40.0 Å². The van der Waals surface area contributed by atoms with Gasteiger partial charge in [-0.25, -0.2) is 4.79 Å². The van der Waals surface area contributed by atoms with E-state index in [1.54, 1.807) is 29.9 Å². The van der Waals surface area contributed by atoms with Gasteiger partial charge in [-0.2, -0.15) is 5.26 Å². The predicted octanol–water partition coefficient (Wildman–Crippen LogP) is 2.63. The highest BCUT2D eigenvalue weighted by atomic mass is 32.1. The molecule has 124 valence electrons. The summed E-state index contributed by atoms with van der Waals surface area (Å²) in [5.74, 6) is -0.990. The Labute approximate surface area is 143 Å². The third-order valence-corrected chi connectivity index (χ3v) is 5.23. The molecule has 1 amide bonds. The zero-order valence-electron chi connectivity index (χ0n) is 13.3. The highest BCUT2D eigenvalue weighted by Crippen LogP contribution is 2.37. The first-order chi connectivity index (χ1) is 11.6. The fourth-order valence-corrected chi connectivity index (χ4v) is 4.07. The fourth-order valence-electron chi connectivity index (χ4n) is 2.81. The molecule has 2 aromatic heterocycles. The van der Waals surface area contributed by atoms with Crippen LogP contribution in [0.4, 0.5) is 5.00 Å². The largest absolute Gasteiger partial charge is 0.451 e. The van der Waals surface area contributed by atoms with Crippen molar-refractivity contribution >= 4 is 28.2 Å². The summed E-state index contributed by atoms with van der Waals surface area (Å²) in [6, 6.07) is 5.54. The smallest absolute Gasteiger partial charge is 0.355 e. The van der Waals surface area contributed by atoms with E-state index in [2.05, 4.69) is 11.4 Å². The van der Waals surface area contributed by atoms with Gasteiger partial charge in [0.2, 0.25) is 0 Å². The van der Waals surface area contributed by atoms with Crippen LogP contribution in [0, 0.1) is 11.3 Å². The van der Waals surface area contributed by atoms with Crippen molar-refractivity contribution in [2.75, 3.05) is 11.9 Å². The predicted molar refractivity (Wildman–Crippen MR) is 90.0 cm³/mol. The van der Waals surface area contributed by atoms with Gasteiger partial charge in [0, 0.05) is 18.1 Å². The Morgan fingerprint density at radius 2 is 2.21 bits per heavy atom. The van der Waals surface area contributed by atoms with E-state index in [-0.39, 0.29) is 6.61 Å². The summed E-state index contributed by atoms with van der Waals surface area (Å²) < 4.78 is 6.65. The second kappa shape index (κ2) is 6.89. The number of carbonyl (C=O) groups excluding carboxylic acids is 2. The van der Waals surface area contributed by atoms with Crippen molar-refractivity contribution < 1.29 is 14.3 Å². The Bertz CT molecular complexity index is 829. The molecule has 0 unspecified atom stereocenters. The van der Waals surface area contributed by atoms with Gasteiger partial charge in [-0.3, -0.25) is 4.79 Å². The first kappa shape index (κ1) is 16.3. The number of thiophene rings is 1. The van der Waals surface area contributed by atoms with Crippen LogP contribution < -0.4 is 5.32 Å². The Hall–Kier alpha value is -2.59. The molecule has 2 aromatic rings. The highest BCUT2D eigenvalue weighted by molar-refractivity contribution is 7.16. The van der Waals surface area contributed by atoms with E-state index in [9.17, 15) is 14.9 Å². The Kier molecular flexibility index (Phi) is 4.67. The summed E-state index contributed by atoms with van der Waals surface area (Å²) in [5.41, 5.74) is 1.99. The minimum absolute atomic E-state index is 0.378. The van der Waals surface area contributed by atoms with E-state index in [0.29, 0.717) is 16.3 Å². The van der Waals surface area contributed by atoms with Crippen molar-refractivity contribution in [2.45, 2.75) is 25.7 Å². The number of esters is 1. The minimum atomic E-state index is -0.552. The third kappa shape index (κ3) is 3.19. The van der Waals surface area contributed by atoms with Gasteiger partial charge in [-0.15, -0.1) is 11.3 Å². The lowest BCUT2D eigenvalue weighted by Gasteiger charge is -2.09. The van der Waals surface area contributed by atoms with Gasteiger partial charge in [0.25, 0.3) is 5.91 Å². The van der Waals surface area contributed by atoms with Crippen molar-refractivity contribution in [2.24, 2.45) is 7.05 Å². The number of amides is 1. The van der Waals surface area contributed by atoms with E-state index in [4.69, 9.17) is 4.74 Å². The number of carbonyl (C=O) groups is 2. The van der Waals surface area contributed by atoms with Gasteiger partial charge < -0.3 is 14.6 Å². The molecule has 24 heavy (non-hydrogen) atoms. The van der Waals surface area contributed by atoms with Crippen LogP contribution in [0.15, 0.2) is 18.3 Å². The fraction of sp³-hybridized carbons (Fsp3) is 0.353. The summed E-state index contributed by atoms with van der Waals surface area (Å²) in [5, 5.41) is 12.6. The molecule has 0 aliphatic heterocycles. The molecular formula is C17H17N3O3S. The summed E-state index contributed by atoms with van der Waals surface area (Å²) in [6.45, 7) is -0.378. The molecule has 0 saturated heterocycles. The number of hydrogen-bond donors (Lipinski definition) is 1. The number of rotatable bonds is 4. The van der Waals surface area contributed by atoms with Crippen molar-refractivity contribution in [1.29, 1.82) is 5.26 Å². The minimum Gasteiger partial charge on any atom is -0.451 e. The maximum atomic E-state index is 12.1. The van der Waals surface area contributed by atoms with Gasteiger partial charge in [-0.1, -0.05) is 0 Å². The number of nitriles is 1. The number of nitrogens with one attached hydrogen (secondary N) is 1. The summed E-state index contributed by atoms with van der Waals surface area (Å²) in [6.07, 6.45) is 5.74. The summed E-state index contributed by atoms with van der Waals surface area (Å²) >= 11 is 1.45. The van der Waals surface area contributed by atoms with Gasteiger partial charge in [0.15, 0.2) is 6.61 Å². The molecule has 3 rings (SSSR count). The van der Waals surface area contributed by atoms with Crippen LogP contribution in [0.1, 0.15) is 39.3 Å². The van der Waals surface area contributed by atoms with E-state index >= 15 is 0 Å². The molecule has 1 N–H and O–H groups in total. The van der Waals surface area contributed by atoms with Gasteiger partial charge >= 0.3 is 5.97 Å². The molecule has 0 radical (unpaired) electrons. The average molecular weight is 343 g/mol. The summed E-state index contributed by atoms with van der Waals surface area (Å²) in [4.78, 5) is 25.1. The lowest BCUT2D eigenvalue weighted by atomic mass is 9.96. The molecule has 0 spiro atoms. The Balaban J connectivity index is 1.63. The highest BCUT2D eigenvalue weighted by Gasteiger charge is 2.22.